The number of hydrogen-bond acceptors (Lipinski definition) is 5. The summed E-state index contributed by atoms with van der Waals surface area (Å²) in [6.07, 6.45) is 5.63. The standard InChI is InChI=1S/C11H17N5O/c1-3-4-10-14-11(17-15-10)7-16-6-9(5-12-2)13-8-16/h6,8,12H,3-5,7H2,1-2H3. The van der Waals surface area contributed by atoms with E-state index in [-0.39, 0.29) is 0 Å². The van der Waals surface area contributed by atoms with Gasteiger partial charge in [0.2, 0.25) is 5.89 Å². The second-order valence-electron chi connectivity index (χ2n) is 3.92. The molecule has 0 aliphatic carbocycles. The monoisotopic (exact) mass is 235 g/mol. The molecule has 0 saturated heterocycles. The normalized spacial score (nSPS) is 10.9. The first-order chi connectivity index (χ1) is 8.31. The van der Waals surface area contributed by atoms with Gasteiger partial charge in [-0.25, -0.2) is 4.98 Å². The number of aryl methyl sites for hydroxylation is 1. The molecule has 92 valence electrons. The topological polar surface area (TPSA) is 68.8 Å². The van der Waals surface area contributed by atoms with Crippen molar-refractivity contribution in [2.75, 3.05) is 7.05 Å². The Bertz CT molecular complexity index is 420. The summed E-state index contributed by atoms with van der Waals surface area (Å²) in [5, 5.41) is 6.97. The summed E-state index contributed by atoms with van der Waals surface area (Å²) in [5.41, 5.74) is 1.00. The van der Waals surface area contributed by atoms with Gasteiger partial charge in [0.1, 0.15) is 6.54 Å². The van der Waals surface area contributed by atoms with Crippen LogP contribution in [-0.4, -0.2) is 26.7 Å². The fraction of sp³-hybridized carbons (Fsp3) is 0.545. The average molecular weight is 235 g/mol. The molecule has 0 aliphatic heterocycles. The molecule has 0 unspecified atom stereocenters. The molecule has 0 bridgehead atoms. The molecule has 0 fully saturated rings. The first kappa shape index (κ1) is 11.8. The van der Waals surface area contributed by atoms with Crippen LogP contribution < -0.4 is 5.32 Å². The van der Waals surface area contributed by atoms with Crippen molar-refractivity contribution >= 4 is 0 Å². The molecule has 2 aromatic rings. The molecule has 0 amide bonds. The zero-order valence-corrected chi connectivity index (χ0v) is 10.2. The Kier molecular flexibility index (Phi) is 3.87. The molecular weight excluding hydrogens is 218 g/mol. The Labute approximate surface area is 100 Å². The maximum atomic E-state index is 5.17. The molecule has 1 N–H and O–H groups in total. The molecule has 6 nitrogen and oxygen atoms in total. The van der Waals surface area contributed by atoms with Crippen molar-refractivity contribution in [3.63, 3.8) is 0 Å². The highest BCUT2D eigenvalue weighted by atomic mass is 16.5. The number of aromatic nitrogens is 4. The van der Waals surface area contributed by atoms with Crippen molar-refractivity contribution < 1.29 is 4.52 Å². The van der Waals surface area contributed by atoms with Crippen LogP contribution in [0.1, 0.15) is 30.8 Å². The van der Waals surface area contributed by atoms with Gasteiger partial charge in [-0.2, -0.15) is 4.98 Å². The molecule has 2 rings (SSSR count). The van der Waals surface area contributed by atoms with E-state index in [0.29, 0.717) is 12.4 Å². The van der Waals surface area contributed by atoms with Gasteiger partial charge in [-0.05, 0) is 13.5 Å². The lowest BCUT2D eigenvalue weighted by molar-refractivity contribution is 0.366. The lowest BCUT2D eigenvalue weighted by Crippen LogP contribution is -2.05. The number of nitrogens with zero attached hydrogens (tertiary/aromatic N) is 4. The summed E-state index contributed by atoms with van der Waals surface area (Å²) < 4.78 is 7.11. The lowest BCUT2D eigenvalue weighted by atomic mass is 10.3. The van der Waals surface area contributed by atoms with E-state index in [2.05, 4.69) is 27.4 Å². The molecule has 2 heterocycles. The van der Waals surface area contributed by atoms with Crippen molar-refractivity contribution in [3.8, 4) is 0 Å². The van der Waals surface area contributed by atoms with Gasteiger partial charge in [0.05, 0.1) is 12.0 Å². The van der Waals surface area contributed by atoms with Crippen LogP contribution in [0.4, 0.5) is 0 Å². The van der Waals surface area contributed by atoms with Crippen molar-refractivity contribution in [2.24, 2.45) is 0 Å². The number of hydrogen-bond donors (Lipinski definition) is 1. The Hall–Kier alpha value is -1.69. The van der Waals surface area contributed by atoms with Gasteiger partial charge in [-0.3, -0.25) is 0 Å². The Morgan fingerprint density at radius 2 is 2.35 bits per heavy atom. The Morgan fingerprint density at radius 3 is 3.12 bits per heavy atom. The Morgan fingerprint density at radius 1 is 1.47 bits per heavy atom. The quantitative estimate of drug-likeness (QED) is 0.808. The van der Waals surface area contributed by atoms with Gasteiger partial charge >= 0.3 is 0 Å². The zero-order valence-electron chi connectivity index (χ0n) is 10.2. The molecule has 0 aromatic carbocycles. The fourth-order valence-electron chi connectivity index (χ4n) is 1.60. The summed E-state index contributed by atoms with van der Waals surface area (Å²) in [4.78, 5) is 8.56. The predicted octanol–water partition coefficient (Wildman–Crippen LogP) is 0.986. The van der Waals surface area contributed by atoms with Gasteiger partial charge in [-0.15, -0.1) is 0 Å². The van der Waals surface area contributed by atoms with Gasteiger partial charge in [-0.1, -0.05) is 12.1 Å². The molecule has 0 saturated carbocycles. The van der Waals surface area contributed by atoms with Crippen LogP contribution in [0.15, 0.2) is 17.0 Å². The maximum Gasteiger partial charge on any atom is 0.246 e. The molecule has 0 radical (unpaired) electrons. The van der Waals surface area contributed by atoms with Crippen LogP contribution >= 0.6 is 0 Å². The fourth-order valence-corrected chi connectivity index (χ4v) is 1.60. The van der Waals surface area contributed by atoms with Gasteiger partial charge in [0.15, 0.2) is 5.82 Å². The molecule has 2 aromatic heterocycles. The second kappa shape index (κ2) is 5.58. The summed E-state index contributed by atoms with van der Waals surface area (Å²) >= 11 is 0. The zero-order chi connectivity index (χ0) is 12.1. The summed E-state index contributed by atoms with van der Waals surface area (Å²) in [7, 11) is 1.90. The number of nitrogens with one attached hydrogen (secondary N) is 1. The minimum atomic E-state index is 0.577. The Balaban J connectivity index is 1.98. The van der Waals surface area contributed by atoms with Gasteiger partial charge < -0.3 is 14.4 Å². The highest BCUT2D eigenvalue weighted by Gasteiger charge is 2.06. The highest BCUT2D eigenvalue weighted by molar-refractivity contribution is 4.98. The van der Waals surface area contributed by atoms with E-state index in [1.54, 1.807) is 6.33 Å². The predicted molar refractivity (Wildman–Crippen MR) is 62.4 cm³/mol. The van der Waals surface area contributed by atoms with Crippen LogP contribution in [-0.2, 0) is 19.5 Å². The third-order valence-corrected chi connectivity index (χ3v) is 2.35. The van der Waals surface area contributed by atoms with E-state index >= 15 is 0 Å². The minimum absolute atomic E-state index is 0.577. The third kappa shape index (κ3) is 3.13. The van der Waals surface area contributed by atoms with Crippen molar-refractivity contribution in [2.45, 2.75) is 32.9 Å². The van der Waals surface area contributed by atoms with E-state index in [9.17, 15) is 0 Å². The SMILES string of the molecule is CCCc1noc(Cn2cnc(CNC)c2)n1. The number of rotatable bonds is 6. The van der Waals surface area contributed by atoms with Crippen LogP contribution in [0.3, 0.4) is 0 Å². The average Bonchev–Trinajstić information content (AvgIpc) is 2.91. The maximum absolute atomic E-state index is 5.17. The van der Waals surface area contributed by atoms with E-state index in [1.165, 1.54) is 0 Å². The van der Waals surface area contributed by atoms with Crippen molar-refractivity contribution in [1.29, 1.82) is 0 Å². The van der Waals surface area contributed by atoms with Crippen molar-refractivity contribution in [1.82, 2.24) is 25.0 Å². The lowest BCUT2D eigenvalue weighted by Gasteiger charge is -1.95. The van der Waals surface area contributed by atoms with Crippen LogP contribution in [0.25, 0.3) is 0 Å². The van der Waals surface area contributed by atoms with Crippen LogP contribution in [0.2, 0.25) is 0 Å². The molecule has 17 heavy (non-hydrogen) atoms. The van der Waals surface area contributed by atoms with Crippen LogP contribution in [0, 0.1) is 0 Å². The van der Waals surface area contributed by atoms with E-state index in [1.807, 2.05) is 17.8 Å². The molecule has 0 spiro atoms. The molecule has 6 heteroatoms. The van der Waals surface area contributed by atoms with E-state index in [0.717, 1.165) is 30.9 Å². The summed E-state index contributed by atoms with van der Waals surface area (Å²) in [5.74, 6) is 1.40. The highest BCUT2D eigenvalue weighted by Crippen LogP contribution is 2.04. The van der Waals surface area contributed by atoms with Gasteiger partial charge in [0, 0.05) is 19.2 Å². The first-order valence-corrected chi connectivity index (χ1v) is 5.78. The second-order valence-corrected chi connectivity index (χ2v) is 3.92. The van der Waals surface area contributed by atoms with E-state index in [4.69, 9.17) is 4.52 Å². The minimum Gasteiger partial charge on any atom is -0.337 e. The number of imidazole rings is 1. The largest absolute Gasteiger partial charge is 0.337 e. The smallest absolute Gasteiger partial charge is 0.246 e. The van der Waals surface area contributed by atoms with Gasteiger partial charge in [0.25, 0.3) is 0 Å². The third-order valence-electron chi connectivity index (χ3n) is 2.35. The summed E-state index contributed by atoms with van der Waals surface area (Å²) in [6, 6.07) is 0. The first-order valence-electron chi connectivity index (χ1n) is 5.78. The van der Waals surface area contributed by atoms with E-state index < -0.39 is 0 Å². The molecule has 0 atom stereocenters. The van der Waals surface area contributed by atoms with Crippen molar-refractivity contribution in [3.05, 3.63) is 29.9 Å². The summed E-state index contributed by atoms with van der Waals surface area (Å²) in [6.45, 7) is 3.43. The molecular formula is C11H17N5O. The molecule has 0 aliphatic rings. The van der Waals surface area contributed by atoms with Crippen LogP contribution in [0.5, 0.6) is 0 Å².